The fourth-order valence-corrected chi connectivity index (χ4v) is 3.73. The van der Waals surface area contributed by atoms with Gasteiger partial charge in [0.15, 0.2) is 0 Å². The normalized spacial score (nSPS) is 13.3. The van der Waals surface area contributed by atoms with Crippen LogP contribution >= 0.6 is 11.6 Å². The van der Waals surface area contributed by atoms with Crippen molar-refractivity contribution in [3.05, 3.63) is 100 Å². The number of hydrogen-bond donors (Lipinski definition) is 2. The van der Waals surface area contributed by atoms with Crippen LogP contribution < -0.4 is 15.5 Å². The number of amides is 3. The fourth-order valence-electron chi connectivity index (χ4n) is 3.51. The van der Waals surface area contributed by atoms with Crippen molar-refractivity contribution in [3.8, 4) is 0 Å². The molecule has 10 heteroatoms. The zero-order valence-corrected chi connectivity index (χ0v) is 20.5. The first-order valence-corrected chi connectivity index (χ1v) is 11.6. The molecule has 3 amide bonds. The number of ether oxygens (including phenoxy) is 1. The number of nitrogens with one attached hydrogen (secondary N) is 2. The van der Waals surface area contributed by atoms with Crippen LogP contribution in [0, 0.1) is 5.82 Å². The van der Waals surface area contributed by atoms with Crippen molar-refractivity contribution in [2.45, 2.75) is 20.0 Å². The molecule has 4 rings (SSSR count). The molecule has 3 aromatic carbocycles. The lowest BCUT2D eigenvalue weighted by Gasteiger charge is -2.16. The van der Waals surface area contributed by atoms with Crippen molar-refractivity contribution in [1.82, 2.24) is 0 Å². The maximum atomic E-state index is 13.9. The average Bonchev–Trinajstić information content (AvgIpc) is 3.08. The molecule has 0 saturated heterocycles. The van der Waals surface area contributed by atoms with Crippen LogP contribution in [0.15, 0.2) is 83.5 Å². The molecule has 37 heavy (non-hydrogen) atoms. The Morgan fingerprint density at radius 2 is 1.62 bits per heavy atom. The second kappa shape index (κ2) is 10.6. The number of carbonyl (C=O) groups is 4. The van der Waals surface area contributed by atoms with E-state index in [9.17, 15) is 23.6 Å². The van der Waals surface area contributed by atoms with Gasteiger partial charge in [-0.05, 0) is 68.4 Å². The summed E-state index contributed by atoms with van der Waals surface area (Å²) in [5.41, 5.74) is 0.809. The molecule has 0 spiro atoms. The van der Waals surface area contributed by atoms with Gasteiger partial charge >= 0.3 is 5.97 Å². The first-order chi connectivity index (χ1) is 17.7. The molecule has 0 aliphatic carbocycles. The minimum Gasteiger partial charge on any atom is -0.459 e. The molecule has 188 valence electrons. The van der Waals surface area contributed by atoms with Crippen LogP contribution in [0.25, 0.3) is 0 Å². The third-order valence-electron chi connectivity index (χ3n) is 5.25. The molecule has 0 radical (unpaired) electrons. The SMILES string of the molecule is CC(C)OC(=O)c1ccc(N2C(=O)C(Cl)=C(Nc3cccc(C(=O)Nc4ccccc4F)c3)C2=O)cc1. The van der Waals surface area contributed by atoms with E-state index in [1.807, 2.05) is 0 Å². The summed E-state index contributed by atoms with van der Waals surface area (Å²) in [6.07, 6.45) is -0.297. The fraction of sp³-hybridized carbons (Fsp3) is 0.111. The Morgan fingerprint density at radius 3 is 2.30 bits per heavy atom. The van der Waals surface area contributed by atoms with E-state index in [1.54, 1.807) is 32.0 Å². The van der Waals surface area contributed by atoms with Crippen LogP contribution in [-0.4, -0.2) is 29.8 Å². The highest BCUT2D eigenvalue weighted by Gasteiger charge is 2.39. The van der Waals surface area contributed by atoms with E-state index >= 15 is 0 Å². The van der Waals surface area contributed by atoms with Gasteiger partial charge in [0.25, 0.3) is 17.7 Å². The van der Waals surface area contributed by atoms with Crippen molar-refractivity contribution in [2.24, 2.45) is 0 Å². The molecular formula is C27H21ClFN3O5. The maximum absolute atomic E-state index is 13.9. The zero-order valence-electron chi connectivity index (χ0n) is 19.7. The van der Waals surface area contributed by atoms with Gasteiger partial charge in [-0.2, -0.15) is 0 Å². The van der Waals surface area contributed by atoms with Crippen LogP contribution in [0.4, 0.5) is 21.5 Å². The number of nitrogens with zero attached hydrogens (tertiary/aromatic N) is 1. The highest BCUT2D eigenvalue weighted by Crippen LogP contribution is 2.30. The Morgan fingerprint density at radius 1 is 0.919 bits per heavy atom. The number of esters is 1. The molecule has 1 heterocycles. The number of anilines is 3. The summed E-state index contributed by atoms with van der Waals surface area (Å²) in [5.74, 6) is -3.14. The molecule has 1 aliphatic rings. The van der Waals surface area contributed by atoms with Gasteiger partial charge in [-0.15, -0.1) is 0 Å². The monoisotopic (exact) mass is 521 g/mol. The molecule has 8 nitrogen and oxygen atoms in total. The van der Waals surface area contributed by atoms with Gasteiger partial charge in [0, 0.05) is 11.3 Å². The van der Waals surface area contributed by atoms with Crippen molar-refractivity contribution in [1.29, 1.82) is 0 Å². The van der Waals surface area contributed by atoms with Crippen molar-refractivity contribution in [2.75, 3.05) is 15.5 Å². The second-order valence-corrected chi connectivity index (χ2v) is 8.65. The Kier molecular flexibility index (Phi) is 7.35. The largest absolute Gasteiger partial charge is 0.459 e. The number of benzene rings is 3. The molecule has 0 saturated carbocycles. The summed E-state index contributed by atoms with van der Waals surface area (Å²) in [6, 6.07) is 17.6. The first-order valence-electron chi connectivity index (χ1n) is 11.2. The van der Waals surface area contributed by atoms with Gasteiger partial charge in [-0.3, -0.25) is 14.4 Å². The minimum absolute atomic E-state index is 0.0207. The molecular weight excluding hydrogens is 501 g/mol. The Hall–Kier alpha value is -4.50. The zero-order chi connectivity index (χ0) is 26.7. The van der Waals surface area contributed by atoms with Crippen LogP contribution in [0.5, 0.6) is 0 Å². The third-order valence-corrected chi connectivity index (χ3v) is 5.60. The quantitative estimate of drug-likeness (QED) is 0.332. The molecule has 1 aliphatic heterocycles. The van der Waals surface area contributed by atoms with Crippen LogP contribution in [0.1, 0.15) is 34.6 Å². The van der Waals surface area contributed by atoms with Crippen molar-refractivity contribution in [3.63, 3.8) is 0 Å². The van der Waals surface area contributed by atoms with Gasteiger partial charge in [0.2, 0.25) is 0 Å². The first kappa shape index (κ1) is 25.6. The predicted molar refractivity (Wildman–Crippen MR) is 137 cm³/mol. The van der Waals surface area contributed by atoms with Crippen LogP contribution in [-0.2, 0) is 14.3 Å². The van der Waals surface area contributed by atoms with Crippen molar-refractivity contribution >= 4 is 52.4 Å². The average molecular weight is 522 g/mol. The molecule has 3 aromatic rings. The lowest BCUT2D eigenvalue weighted by Crippen LogP contribution is -2.32. The molecule has 0 unspecified atom stereocenters. The number of imide groups is 1. The van der Waals surface area contributed by atoms with Gasteiger partial charge < -0.3 is 15.4 Å². The number of para-hydroxylation sites is 1. The molecule has 0 bridgehead atoms. The van der Waals surface area contributed by atoms with E-state index in [0.29, 0.717) is 5.69 Å². The number of carbonyl (C=O) groups excluding carboxylic acids is 4. The predicted octanol–water partition coefficient (Wildman–Crippen LogP) is 5.08. The van der Waals surface area contributed by atoms with Gasteiger partial charge in [-0.25, -0.2) is 14.1 Å². The summed E-state index contributed by atoms with van der Waals surface area (Å²) in [7, 11) is 0. The minimum atomic E-state index is -0.750. The molecule has 2 N–H and O–H groups in total. The number of hydrogen-bond acceptors (Lipinski definition) is 6. The van der Waals surface area contributed by atoms with Gasteiger partial charge in [0.05, 0.1) is 23.0 Å². The van der Waals surface area contributed by atoms with E-state index in [4.69, 9.17) is 16.3 Å². The van der Waals surface area contributed by atoms with E-state index in [-0.39, 0.29) is 39.3 Å². The van der Waals surface area contributed by atoms with Crippen LogP contribution in [0.2, 0.25) is 0 Å². The Bertz CT molecular complexity index is 1440. The highest BCUT2D eigenvalue weighted by molar-refractivity contribution is 6.53. The Labute approximate surface area is 216 Å². The molecule has 0 aromatic heterocycles. The van der Waals surface area contributed by atoms with E-state index in [0.717, 1.165) is 4.90 Å². The van der Waals surface area contributed by atoms with E-state index in [1.165, 1.54) is 54.6 Å². The third kappa shape index (κ3) is 5.52. The lowest BCUT2D eigenvalue weighted by molar-refractivity contribution is -0.120. The Balaban J connectivity index is 1.50. The summed E-state index contributed by atoms with van der Waals surface area (Å²) in [6.45, 7) is 3.45. The summed E-state index contributed by atoms with van der Waals surface area (Å²) in [4.78, 5) is 51.4. The topological polar surface area (TPSA) is 105 Å². The molecule has 0 atom stereocenters. The van der Waals surface area contributed by atoms with E-state index < -0.39 is 29.5 Å². The van der Waals surface area contributed by atoms with Crippen LogP contribution in [0.3, 0.4) is 0 Å². The van der Waals surface area contributed by atoms with Crippen molar-refractivity contribution < 1.29 is 28.3 Å². The standard InChI is InChI=1S/C27H21ClFN3O5/c1-15(2)37-27(36)16-10-12-19(13-11-16)32-25(34)22(28)23(26(32)35)30-18-7-5-6-17(14-18)24(33)31-21-9-4-3-8-20(21)29/h3-15,30H,1-2H3,(H,31,33). The smallest absolute Gasteiger partial charge is 0.338 e. The second-order valence-electron chi connectivity index (χ2n) is 8.28. The van der Waals surface area contributed by atoms with E-state index in [2.05, 4.69) is 10.6 Å². The lowest BCUT2D eigenvalue weighted by atomic mass is 10.1. The molecule has 0 fully saturated rings. The summed E-state index contributed by atoms with van der Waals surface area (Å²) < 4.78 is 19.0. The number of rotatable bonds is 7. The summed E-state index contributed by atoms with van der Waals surface area (Å²) in [5, 5.41) is 4.94. The van der Waals surface area contributed by atoms with Gasteiger partial charge in [0.1, 0.15) is 16.5 Å². The maximum Gasteiger partial charge on any atom is 0.338 e. The highest BCUT2D eigenvalue weighted by atomic mass is 35.5. The van der Waals surface area contributed by atoms with Gasteiger partial charge in [-0.1, -0.05) is 29.8 Å². The number of halogens is 2. The summed E-state index contributed by atoms with van der Waals surface area (Å²) >= 11 is 6.19.